The number of nitrogen functional groups attached to an aromatic ring is 4. The van der Waals surface area contributed by atoms with Crippen molar-refractivity contribution in [1.29, 1.82) is 0 Å². The average Bonchev–Trinajstić information content (AvgIpc) is 1.68. The molecule has 0 amide bonds. The van der Waals surface area contributed by atoms with Crippen LogP contribution in [-0.4, -0.2) is 243 Å². The van der Waals surface area contributed by atoms with Gasteiger partial charge in [-0.15, -0.1) is 0 Å². The molecule has 9 rings (SSSR count). The molecule has 8 heterocycles. The molecule has 0 radical (unpaired) electrons. The van der Waals surface area contributed by atoms with Gasteiger partial charge in [0.05, 0.1) is 94.2 Å². The van der Waals surface area contributed by atoms with E-state index < -0.39 is 118 Å². The molecule has 4 unspecified atom stereocenters. The molecule has 51 nitrogen and oxygen atoms in total. The number of carbonyl (C=O) groups excluding carboxylic acids is 8. The minimum absolute atomic E-state index is 0.0282. The third-order valence-electron chi connectivity index (χ3n) is 18.6. The normalized spacial score (nSPS) is 16.2. The number of Topliss-reactive ketones (excluding diaryl/α,β-unsaturated/α-hetero) is 5. The third kappa shape index (κ3) is 33.1. The van der Waals surface area contributed by atoms with Gasteiger partial charge in [0.2, 0.25) is 53.6 Å². The highest BCUT2D eigenvalue weighted by molar-refractivity contribution is 7.60. The molecule has 8 aromatic heterocycles. The molecule has 0 aromatic carbocycles. The highest BCUT2D eigenvalue weighted by Gasteiger charge is 2.36. The Kier molecular flexibility index (Phi) is 40.1. The summed E-state index contributed by atoms with van der Waals surface area (Å²) in [7, 11) is -13.9. The maximum Gasteiger partial charge on any atom is 0.323 e. The first-order valence-corrected chi connectivity index (χ1v) is 47.9. The first kappa shape index (κ1) is 106. The van der Waals surface area contributed by atoms with Crippen molar-refractivity contribution >= 4 is 145 Å². The van der Waals surface area contributed by atoms with Crippen molar-refractivity contribution in [3.63, 3.8) is 0 Å². The van der Waals surface area contributed by atoms with Crippen LogP contribution in [0.25, 0.3) is 44.7 Å². The number of carbonyl (C=O) groups is 8. The summed E-state index contributed by atoms with van der Waals surface area (Å²) in [6.45, 7) is 27.6. The maximum absolute atomic E-state index is 13.5. The van der Waals surface area contributed by atoms with E-state index in [1.807, 2.05) is 0 Å². The average molecular weight is 1870 g/mol. The SMILES string of the molecule is CC(=O)[C@@H](C)NP(=O)(COCCn1cnc2c(=O)[nH]c(N)nc21)N[C@@H](C)C(=O)OC(C)C.CC(=O)[C@@H](C)NP(=O)(COCCn1cnc2c(=O)[nH]c(N)nc21)N[C@H](C)C(=O)OC(C)C.CC(=O)[C@@H](C)NP(=O)(COCCn1cnc2c(=O)[nH]c(N)nc21)N[C@H](C)C(=O)OC1CCCC1.CC(=O)[C@H](C)NP(=O)(COCCn1cnc2c(=O)[nH]c(N)nc21)N[C@H](C)C(C)=O. The van der Waals surface area contributed by atoms with Gasteiger partial charge in [0.1, 0.15) is 78.5 Å². The lowest BCUT2D eigenvalue weighted by Gasteiger charge is -2.26. The summed E-state index contributed by atoms with van der Waals surface area (Å²) in [6.07, 6.45) is 7.52. The van der Waals surface area contributed by atoms with Crippen LogP contribution in [0.2, 0.25) is 0 Å². The Bertz CT molecular complexity index is 5410. The van der Waals surface area contributed by atoms with Gasteiger partial charge in [-0.05, 0) is 143 Å². The standard InChI is InChI=1S/C20H32N7O6P.2C18H30N7O6P.C16H26N7O5P/c1-12(14(3)28)25-34(31,26-13(2)19(30)33-15-6-4-5-7-15)11-32-9-8-27-10-22-16-17(27)23-20(21)24-18(16)29;2*1-10(2)31-17(28)12(4)24-32(29,23-11(3)13(5)26)9-30-7-6-25-8-20-14-15(25)21-18(19)22-16(14)27;1-9(11(3)24)21-29(27,22-10(2)12(4)25)8-28-6-5-23-7-18-13-14(23)19-16(17)20-15(13)26/h10,12-13,15H,4-9,11H2,1-3H3,(H2,25,26,31)(H3,21,23,24,29);2*8,10-12H,6-7,9H2,1-5H3,(H2,23,24,29)(H3,19,21,22,27);7,9-10H,5-6,8H2,1-4H3,(H2,21,22,27)(H3,17,19,20,26)/t12-,13-,34?;11-,12+,32?;11-,12-,32?;9-,10+,29?/m111./s1. The van der Waals surface area contributed by atoms with Gasteiger partial charge in [-0.3, -0.25) is 95.7 Å². The van der Waals surface area contributed by atoms with Crippen LogP contribution in [0.1, 0.15) is 143 Å². The molecule has 127 heavy (non-hydrogen) atoms. The van der Waals surface area contributed by atoms with Gasteiger partial charge < -0.3 is 74.4 Å². The number of ketones is 5. The van der Waals surface area contributed by atoms with E-state index in [0.29, 0.717) is 22.6 Å². The zero-order chi connectivity index (χ0) is 94.8. The second kappa shape index (κ2) is 48.3. The molecule has 8 aromatic rings. The molecule has 1 aliphatic carbocycles. The second-order valence-corrected chi connectivity index (χ2v) is 39.5. The zero-order valence-electron chi connectivity index (χ0n) is 73.8. The molecule has 0 aliphatic heterocycles. The van der Waals surface area contributed by atoms with E-state index in [-0.39, 0.29) is 171 Å². The number of ether oxygens (including phenoxy) is 7. The molecule has 20 N–H and O–H groups in total. The number of H-pyrrole nitrogens is 4. The van der Waals surface area contributed by atoms with Crippen LogP contribution in [-0.2, 0) is 116 Å². The monoisotopic (exact) mass is 1870 g/mol. The Labute approximate surface area is 728 Å². The largest absolute Gasteiger partial charge is 0.462 e. The summed E-state index contributed by atoms with van der Waals surface area (Å²) in [6, 6.07) is -6.15. The lowest BCUT2D eigenvalue weighted by atomic mass is 10.3. The van der Waals surface area contributed by atoms with Crippen molar-refractivity contribution in [2.75, 3.05) is 74.8 Å². The summed E-state index contributed by atoms with van der Waals surface area (Å²) < 4.78 is 97.9. The Morgan fingerprint density at radius 1 is 0.362 bits per heavy atom. The topological polar surface area (TPSA) is 724 Å². The zero-order valence-corrected chi connectivity index (χ0v) is 77.4. The van der Waals surface area contributed by atoms with Crippen molar-refractivity contribution in [3.05, 3.63) is 66.7 Å². The summed E-state index contributed by atoms with van der Waals surface area (Å²) in [5.41, 5.74) is 22.3. The Morgan fingerprint density at radius 3 is 0.772 bits per heavy atom. The number of hydrogen-bond donors (Lipinski definition) is 16. The maximum atomic E-state index is 13.5. The molecule has 0 saturated heterocycles. The molecule has 1 fully saturated rings. The highest BCUT2D eigenvalue weighted by atomic mass is 31.2. The molecule has 1 saturated carbocycles. The van der Waals surface area contributed by atoms with Crippen LogP contribution >= 0.6 is 29.8 Å². The van der Waals surface area contributed by atoms with Crippen LogP contribution in [0, 0.1) is 0 Å². The van der Waals surface area contributed by atoms with Crippen molar-refractivity contribution in [2.45, 2.75) is 236 Å². The predicted molar refractivity (Wildman–Crippen MR) is 469 cm³/mol. The number of aromatic amines is 4. The van der Waals surface area contributed by atoms with Gasteiger partial charge in [-0.1, -0.05) is 0 Å². The molecule has 1 aliphatic rings. The summed E-state index contributed by atoms with van der Waals surface area (Å²) in [5.74, 6) is -2.81. The van der Waals surface area contributed by atoms with E-state index in [9.17, 15) is 75.8 Å². The van der Waals surface area contributed by atoms with Gasteiger partial charge in [0, 0.05) is 26.2 Å². The molecular weight excluding hydrogens is 1750 g/mol. The fraction of sp³-hybridized carbons (Fsp3) is 0.611. The lowest BCUT2D eigenvalue weighted by Crippen LogP contribution is -2.42. The number of nitrogens with two attached hydrogens (primary N) is 4. The second-order valence-electron chi connectivity index (χ2n) is 30.5. The van der Waals surface area contributed by atoms with Crippen molar-refractivity contribution < 1.29 is 89.8 Å². The fourth-order valence-electron chi connectivity index (χ4n) is 11.5. The first-order valence-electron chi connectivity index (χ1n) is 40.3. The highest BCUT2D eigenvalue weighted by Crippen LogP contribution is 2.41. The van der Waals surface area contributed by atoms with E-state index in [1.165, 1.54) is 73.8 Å². The number of aromatic nitrogens is 16. The number of esters is 3. The van der Waals surface area contributed by atoms with Gasteiger partial charge in [-0.25, -0.2) is 60.6 Å². The predicted octanol–water partition coefficient (Wildman–Crippen LogP) is 1.63. The molecule has 704 valence electrons. The number of rotatable bonds is 47. The molecular formula is C72H118N28O23P4. The van der Waals surface area contributed by atoms with E-state index >= 15 is 0 Å². The van der Waals surface area contributed by atoms with Crippen LogP contribution in [0.4, 0.5) is 23.8 Å². The number of nitrogens with one attached hydrogen (secondary N) is 12. The molecule has 12 atom stereocenters. The van der Waals surface area contributed by atoms with E-state index in [2.05, 4.69) is 101 Å². The van der Waals surface area contributed by atoms with Crippen molar-refractivity contribution in [2.24, 2.45) is 0 Å². The first-order chi connectivity index (χ1) is 59.4. The Hall–Kier alpha value is -10.2. The summed E-state index contributed by atoms with van der Waals surface area (Å²) in [5, 5.41) is 22.0. The van der Waals surface area contributed by atoms with Gasteiger partial charge >= 0.3 is 17.9 Å². The van der Waals surface area contributed by atoms with E-state index in [0.717, 1.165) is 25.7 Å². The molecule has 55 heteroatoms. The number of hydrogen-bond acceptors (Lipinski definition) is 35. The number of nitrogens with zero attached hydrogens (tertiary/aromatic N) is 12. The van der Waals surface area contributed by atoms with Crippen LogP contribution in [0.15, 0.2) is 44.5 Å². The van der Waals surface area contributed by atoms with E-state index in [4.69, 9.17) is 56.1 Å². The third-order valence-corrected chi connectivity index (χ3v) is 27.2. The van der Waals surface area contributed by atoms with Crippen LogP contribution in [0.5, 0.6) is 0 Å². The van der Waals surface area contributed by atoms with Crippen molar-refractivity contribution in [3.8, 4) is 0 Å². The van der Waals surface area contributed by atoms with Gasteiger partial charge in [0.25, 0.3) is 22.2 Å². The van der Waals surface area contributed by atoms with E-state index in [1.54, 1.807) is 87.5 Å². The summed E-state index contributed by atoms with van der Waals surface area (Å²) in [4.78, 5) is 184. The Morgan fingerprint density at radius 2 is 0.567 bits per heavy atom. The summed E-state index contributed by atoms with van der Waals surface area (Å²) >= 11 is 0. The quantitative estimate of drug-likeness (QED) is 0.0112. The lowest BCUT2D eigenvalue weighted by molar-refractivity contribution is -0.150. The number of imidazole rings is 4. The number of fused-ring (bicyclic) bond motifs is 4. The minimum atomic E-state index is -3.51. The van der Waals surface area contributed by atoms with Gasteiger partial charge in [-0.2, -0.15) is 19.9 Å². The van der Waals surface area contributed by atoms with Gasteiger partial charge in [0.15, 0.2) is 44.7 Å². The Balaban J connectivity index is 0.000000262. The number of anilines is 4. The molecule has 0 bridgehead atoms. The van der Waals surface area contributed by atoms with Crippen LogP contribution in [0.3, 0.4) is 0 Å². The molecule has 0 spiro atoms. The van der Waals surface area contributed by atoms with Crippen molar-refractivity contribution in [1.82, 2.24) is 119 Å². The smallest absolute Gasteiger partial charge is 0.323 e. The fourth-order valence-corrected chi connectivity index (χ4v) is 20.1. The van der Waals surface area contributed by atoms with Crippen LogP contribution < -0.4 is 85.9 Å². The minimum Gasteiger partial charge on any atom is -0.462 e.